The first-order valence-electron chi connectivity index (χ1n) is 11.0. The van der Waals surface area contributed by atoms with E-state index < -0.39 is 0 Å². The van der Waals surface area contributed by atoms with Crippen LogP contribution in [0.4, 0.5) is 0 Å². The summed E-state index contributed by atoms with van der Waals surface area (Å²) in [7, 11) is 0. The van der Waals surface area contributed by atoms with Crippen LogP contribution in [0.25, 0.3) is 17.2 Å². The molecule has 0 bridgehead atoms. The van der Waals surface area contributed by atoms with Gasteiger partial charge in [0.15, 0.2) is 0 Å². The van der Waals surface area contributed by atoms with Gasteiger partial charge in [-0.15, -0.1) is 12.4 Å². The number of amides is 1. The Morgan fingerprint density at radius 3 is 2.69 bits per heavy atom. The van der Waals surface area contributed by atoms with E-state index in [9.17, 15) is 4.79 Å². The Labute approximate surface area is 194 Å². The van der Waals surface area contributed by atoms with Crippen molar-refractivity contribution in [3.8, 4) is 17.2 Å². The molecule has 3 aromatic rings. The third kappa shape index (κ3) is 3.61. The molecule has 1 atom stereocenters. The lowest BCUT2D eigenvalue weighted by Gasteiger charge is -2.28. The van der Waals surface area contributed by atoms with Crippen molar-refractivity contribution in [2.45, 2.75) is 65.2 Å². The average molecular weight is 457 g/mol. The number of hydrogen-bond donors (Lipinski definition) is 0. The van der Waals surface area contributed by atoms with Gasteiger partial charge in [0.2, 0.25) is 11.7 Å². The molecule has 1 fully saturated rings. The number of nitrogens with zero attached hydrogens (tertiary/aromatic N) is 6. The van der Waals surface area contributed by atoms with Crippen molar-refractivity contribution in [1.82, 2.24) is 29.5 Å². The molecule has 0 spiro atoms. The Morgan fingerprint density at radius 1 is 1.19 bits per heavy atom. The number of hydrogen-bond acceptors (Lipinski definition) is 6. The number of benzene rings is 1. The zero-order valence-electron chi connectivity index (χ0n) is 18.9. The van der Waals surface area contributed by atoms with Gasteiger partial charge in [-0.3, -0.25) is 14.3 Å². The van der Waals surface area contributed by atoms with E-state index in [1.54, 1.807) is 6.33 Å². The summed E-state index contributed by atoms with van der Waals surface area (Å²) in [5.41, 5.74) is 3.21. The molecule has 2 aliphatic heterocycles. The quantitative estimate of drug-likeness (QED) is 0.570. The Kier molecular flexibility index (Phi) is 6.09. The van der Waals surface area contributed by atoms with Crippen molar-refractivity contribution in [1.29, 1.82) is 0 Å². The summed E-state index contributed by atoms with van der Waals surface area (Å²) in [4.78, 5) is 26.9. The first kappa shape index (κ1) is 22.5. The lowest BCUT2D eigenvalue weighted by atomic mass is 10.1. The molecular formula is C23H29ClN6O2. The lowest BCUT2D eigenvalue weighted by Crippen LogP contribution is -2.36. The van der Waals surface area contributed by atoms with E-state index in [2.05, 4.69) is 47.7 Å². The molecule has 0 radical (unpaired) electrons. The summed E-state index contributed by atoms with van der Waals surface area (Å²) >= 11 is 0. The molecule has 1 aromatic carbocycles. The van der Waals surface area contributed by atoms with Crippen LogP contribution in [0.3, 0.4) is 0 Å². The minimum absolute atomic E-state index is 0. The second kappa shape index (κ2) is 8.67. The lowest BCUT2D eigenvalue weighted by molar-refractivity contribution is 0.0739. The van der Waals surface area contributed by atoms with Crippen molar-refractivity contribution in [2.75, 3.05) is 6.54 Å². The minimum atomic E-state index is -0.0397. The van der Waals surface area contributed by atoms with Crippen molar-refractivity contribution < 1.29 is 9.32 Å². The zero-order chi connectivity index (χ0) is 21.7. The number of para-hydroxylation sites is 1. The van der Waals surface area contributed by atoms with Gasteiger partial charge in [0.25, 0.3) is 5.91 Å². The van der Waals surface area contributed by atoms with Gasteiger partial charge < -0.3 is 9.42 Å². The monoisotopic (exact) mass is 456 g/mol. The van der Waals surface area contributed by atoms with Gasteiger partial charge in [0.1, 0.15) is 12.0 Å². The predicted octanol–water partition coefficient (Wildman–Crippen LogP) is 4.25. The standard InChI is InChI=1S/C23H28N6O2.ClH/c1-14(2)28(15(3)4)12-19-25-22(26-31-19)20-21-18-10-7-11-27(18)23(30)16-8-5-6-9-17(16)29(21)13-24-20;/h5-6,8-9,13-15,18H,7,10-12H2,1-4H3;1H/t18-;/m0./s1. The van der Waals surface area contributed by atoms with E-state index in [0.717, 1.165) is 30.8 Å². The highest BCUT2D eigenvalue weighted by Gasteiger charge is 2.39. The maximum Gasteiger partial charge on any atom is 0.256 e. The van der Waals surface area contributed by atoms with Gasteiger partial charge in [-0.05, 0) is 52.7 Å². The fourth-order valence-corrected chi connectivity index (χ4v) is 4.89. The molecule has 1 amide bonds. The van der Waals surface area contributed by atoms with Crippen LogP contribution in [-0.2, 0) is 6.54 Å². The van der Waals surface area contributed by atoms with Crippen molar-refractivity contribution in [2.24, 2.45) is 0 Å². The number of imidazole rings is 1. The van der Waals surface area contributed by atoms with Gasteiger partial charge in [0, 0.05) is 18.6 Å². The molecule has 0 aliphatic carbocycles. The van der Waals surface area contributed by atoms with E-state index in [1.165, 1.54) is 0 Å². The van der Waals surface area contributed by atoms with Crippen molar-refractivity contribution in [3.05, 3.63) is 47.7 Å². The summed E-state index contributed by atoms with van der Waals surface area (Å²) in [5.74, 6) is 1.13. The average Bonchev–Trinajstić information content (AvgIpc) is 3.48. The molecule has 2 aromatic heterocycles. The zero-order valence-corrected chi connectivity index (χ0v) is 19.7. The number of fused-ring (bicyclic) bond motifs is 5. The first-order valence-corrected chi connectivity index (χ1v) is 11.0. The minimum Gasteiger partial charge on any atom is -0.337 e. The predicted molar refractivity (Wildman–Crippen MR) is 123 cm³/mol. The van der Waals surface area contributed by atoms with Gasteiger partial charge in [-0.25, -0.2) is 4.98 Å². The molecule has 4 heterocycles. The topological polar surface area (TPSA) is 80.3 Å². The van der Waals surface area contributed by atoms with Crippen LogP contribution in [0.15, 0.2) is 35.1 Å². The molecule has 0 unspecified atom stereocenters. The Balaban J connectivity index is 0.00000245. The van der Waals surface area contributed by atoms with E-state index in [1.807, 2.05) is 33.7 Å². The summed E-state index contributed by atoms with van der Waals surface area (Å²) in [6.45, 7) is 9.99. The summed E-state index contributed by atoms with van der Waals surface area (Å²) < 4.78 is 7.64. The highest BCUT2D eigenvalue weighted by molar-refractivity contribution is 5.99. The highest BCUT2D eigenvalue weighted by atomic mass is 35.5. The Hall–Kier alpha value is -2.71. The van der Waals surface area contributed by atoms with Crippen molar-refractivity contribution in [3.63, 3.8) is 0 Å². The maximum absolute atomic E-state index is 13.2. The van der Waals surface area contributed by atoms with Crippen LogP contribution in [0.5, 0.6) is 0 Å². The van der Waals surface area contributed by atoms with Crippen LogP contribution in [0.2, 0.25) is 0 Å². The molecule has 5 rings (SSSR count). The molecule has 0 N–H and O–H groups in total. The summed E-state index contributed by atoms with van der Waals surface area (Å²) in [5, 5.41) is 4.27. The van der Waals surface area contributed by atoms with Crippen LogP contribution in [-0.4, -0.2) is 54.0 Å². The van der Waals surface area contributed by atoms with Crippen LogP contribution < -0.4 is 0 Å². The van der Waals surface area contributed by atoms with Gasteiger partial charge in [0.05, 0.1) is 29.5 Å². The molecule has 32 heavy (non-hydrogen) atoms. The normalized spacial score (nSPS) is 17.4. The smallest absolute Gasteiger partial charge is 0.256 e. The molecule has 1 saturated heterocycles. The largest absolute Gasteiger partial charge is 0.337 e. The molecule has 9 heteroatoms. The van der Waals surface area contributed by atoms with E-state index in [4.69, 9.17) is 4.52 Å². The molecule has 170 valence electrons. The summed E-state index contributed by atoms with van der Waals surface area (Å²) in [6, 6.07) is 8.41. The van der Waals surface area contributed by atoms with E-state index in [0.29, 0.717) is 41.6 Å². The fraction of sp³-hybridized carbons (Fsp3) is 0.478. The molecular weight excluding hydrogens is 428 g/mol. The van der Waals surface area contributed by atoms with Crippen LogP contribution in [0.1, 0.15) is 68.5 Å². The number of aromatic nitrogens is 4. The molecule has 8 nitrogen and oxygen atoms in total. The Morgan fingerprint density at radius 2 is 1.94 bits per heavy atom. The maximum atomic E-state index is 13.2. The number of carbonyl (C=O) groups is 1. The fourth-order valence-electron chi connectivity index (χ4n) is 4.89. The second-order valence-electron chi connectivity index (χ2n) is 8.89. The highest BCUT2D eigenvalue weighted by Crippen LogP contribution is 2.41. The molecule has 2 aliphatic rings. The third-order valence-electron chi connectivity index (χ3n) is 6.35. The van der Waals surface area contributed by atoms with Crippen LogP contribution in [0, 0.1) is 0 Å². The van der Waals surface area contributed by atoms with E-state index in [-0.39, 0.29) is 24.4 Å². The van der Waals surface area contributed by atoms with Crippen LogP contribution >= 0.6 is 12.4 Å². The Bertz CT molecular complexity index is 1110. The molecule has 0 saturated carbocycles. The number of halogens is 1. The van der Waals surface area contributed by atoms with E-state index >= 15 is 0 Å². The summed E-state index contributed by atoms with van der Waals surface area (Å²) in [6.07, 6.45) is 3.65. The van der Waals surface area contributed by atoms with Gasteiger partial charge in [-0.1, -0.05) is 17.3 Å². The number of rotatable bonds is 5. The third-order valence-corrected chi connectivity index (χ3v) is 6.35. The first-order chi connectivity index (χ1) is 15.0. The second-order valence-corrected chi connectivity index (χ2v) is 8.89. The number of carbonyl (C=O) groups excluding carboxylic acids is 1. The SMILES string of the molecule is CC(C)N(Cc1nc(-c2ncn3c2[C@@H]2CCCN2C(=O)c2ccccc2-3)no1)C(C)C.Cl. The van der Waals surface area contributed by atoms with Gasteiger partial charge >= 0.3 is 0 Å². The van der Waals surface area contributed by atoms with Gasteiger partial charge in [-0.2, -0.15) is 4.98 Å². The van der Waals surface area contributed by atoms with Crippen molar-refractivity contribution >= 4 is 18.3 Å².